The molecule has 0 aliphatic carbocycles. The SMILES string of the molecule is O=c1[nH]c(-c2c(F)cc(F)cc2F)nc2ccsc12. The lowest BCUT2D eigenvalue weighted by molar-refractivity contribution is 0.546. The summed E-state index contributed by atoms with van der Waals surface area (Å²) in [6.07, 6.45) is 0. The summed E-state index contributed by atoms with van der Waals surface area (Å²) in [5.74, 6) is -3.52. The van der Waals surface area contributed by atoms with Crippen LogP contribution in [-0.4, -0.2) is 9.97 Å². The molecule has 2 heterocycles. The second-order valence-electron chi connectivity index (χ2n) is 3.79. The van der Waals surface area contributed by atoms with Crippen LogP contribution in [0.2, 0.25) is 0 Å². The van der Waals surface area contributed by atoms with Gasteiger partial charge in [-0.1, -0.05) is 0 Å². The summed E-state index contributed by atoms with van der Waals surface area (Å²) in [5, 5.41) is 1.65. The molecule has 1 N–H and O–H groups in total. The van der Waals surface area contributed by atoms with Gasteiger partial charge in [-0.15, -0.1) is 11.3 Å². The third-order valence-corrected chi connectivity index (χ3v) is 3.46. The highest BCUT2D eigenvalue weighted by molar-refractivity contribution is 7.17. The van der Waals surface area contributed by atoms with Crippen LogP contribution in [0.15, 0.2) is 28.4 Å². The van der Waals surface area contributed by atoms with Crippen LogP contribution in [0, 0.1) is 17.5 Å². The van der Waals surface area contributed by atoms with Gasteiger partial charge in [0.2, 0.25) is 0 Å². The van der Waals surface area contributed by atoms with Crippen LogP contribution >= 0.6 is 11.3 Å². The van der Waals surface area contributed by atoms with Gasteiger partial charge in [-0.3, -0.25) is 4.79 Å². The van der Waals surface area contributed by atoms with Gasteiger partial charge in [-0.2, -0.15) is 0 Å². The Morgan fingerprint density at radius 2 is 1.84 bits per heavy atom. The predicted molar refractivity (Wildman–Crippen MR) is 65.6 cm³/mol. The number of hydrogen-bond acceptors (Lipinski definition) is 3. The van der Waals surface area contributed by atoms with Gasteiger partial charge in [0.15, 0.2) is 0 Å². The molecule has 0 unspecified atom stereocenters. The van der Waals surface area contributed by atoms with Crippen molar-refractivity contribution in [3.63, 3.8) is 0 Å². The molecule has 0 bridgehead atoms. The highest BCUT2D eigenvalue weighted by atomic mass is 32.1. The van der Waals surface area contributed by atoms with Gasteiger partial charge in [0.1, 0.15) is 28.0 Å². The number of nitrogens with one attached hydrogen (secondary N) is 1. The molecule has 96 valence electrons. The summed E-state index contributed by atoms with van der Waals surface area (Å²) in [6.45, 7) is 0. The Hall–Kier alpha value is -2.15. The number of halogens is 3. The van der Waals surface area contributed by atoms with Gasteiger partial charge in [-0.05, 0) is 11.4 Å². The largest absolute Gasteiger partial charge is 0.305 e. The van der Waals surface area contributed by atoms with Crippen LogP contribution in [0.25, 0.3) is 21.6 Å². The number of aromatic nitrogens is 2. The molecular formula is C12H5F3N2OS. The Bertz CT molecular complexity index is 817. The fraction of sp³-hybridized carbons (Fsp3) is 0. The normalized spacial score (nSPS) is 11.1. The smallest absolute Gasteiger partial charge is 0.269 e. The number of hydrogen-bond donors (Lipinski definition) is 1. The second-order valence-corrected chi connectivity index (χ2v) is 4.71. The van der Waals surface area contributed by atoms with E-state index in [1.807, 2.05) is 0 Å². The van der Waals surface area contributed by atoms with Crippen molar-refractivity contribution in [3.05, 3.63) is 51.4 Å². The quantitative estimate of drug-likeness (QED) is 0.745. The Morgan fingerprint density at radius 3 is 2.53 bits per heavy atom. The van der Waals surface area contributed by atoms with Gasteiger partial charge in [-0.25, -0.2) is 18.2 Å². The zero-order chi connectivity index (χ0) is 13.6. The first-order valence-electron chi connectivity index (χ1n) is 5.18. The molecule has 7 heteroatoms. The van der Waals surface area contributed by atoms with Crippen LogP contribution in [-0.2, 0) is 0 Å². The van der Waals surface area contributed by atoms with E-state index in [-0.39, 0.29) is 5.82 Å². The third-order valence-electron chi connectivity index (χ3n) is 2.56. The van der Waals surface area contributed by atoms with Gasteiger partial charge in [0.25, 0.3) is 5.56 Å². The molecule has 0 aliphatic rings. The lowest BCUT2D eigenvalue weighted by Gasteiger charge is -2.04. The number of H-pyrrole nitrogens is 1. The van der Waals surface area contributed by atoms with Crippen molar-refractivity contribution >= 4 is 21.6 Å². The first-order chi connectivity index (χ1) is 9.06. The van der Waals surface area contributed by atoms with Crippen molar-refractivity contribution in [2.45, 2.75) is 0 Å². The lowest BCUT2D eigenvalue weighted by atomic mass is 10.1. The van der Waals surface area contributed by atoms with Crippen molar-refractivity contribution in [3.8, 4) is 11.4 Å². The van der Waals surface area contributed by atoms with Gasteiger partial charge >= 0.3 is 0 Å². The van der Waals surface area contributed by atoms with Gasteiger partial charge in [0.05, 0.1) is 11.1 Å². The maximum absolute atomic E-state index is 13.6. The molecule has 0 spiro atoms. The number of rotatable bonds is 1. The Labute approximate surface area is 108 Å². The van der Waals surface area contributed by atoms with E-state index < -0.39 is 28.6 Å². The zero-order valence-electron chi connectivity index (χ0n) is 9.21. The minimum atomic E-state index is -1.12. The lowest BCUT2D eigenvalue weighted by Crippen LogP contribution is -2.09. The molecule has 3 aromatic rings. The van der Waals surface area contributed by atoms with Crippen molar-refractivity contribution in [2.75, 3.05) is 0 Å². The van der Waals surface area contributed by atoms with Crippen LogP contribution < -0.4 is 5.56 Å². The summed E-state index contributed by atoms with van der Waals surface area (Å²) in [6, 6.07) is 2.64. The van der Waals surface area contributed by atoms with Crippen molar-refractivity contribution in [1.29, 1.82) is 0 Å². The zero-order valence-corrected chi connectivity index (χ0v) is 10.0. The molecule has 3 rings (SSSR count). The van der Waals surface area contributed by atoms with E-state index in [0.717, 1.165) is 0 Å². The topological polar surface area (TPSA) is 45.8 Å². The Morgan fingerprint density at radius 1 is 1.16 bits per heavy atom. The average Bonchev–Trinajstić information content (AvgIpc) is 2.76. The molecule has 1 aromatic carbocycles. The molecule has 0 saturated carbocycles. The fourth-order valence-corrected chi connectivity index (χ4v) is 2.49. The molecule has 0 fully saturated rings. The van der Waals surface area contributed by atoms with Gasteiger partial charge in [0, 0.05) is 12.1 Å². The minimum absolute atomic E-state index is 0.258. The highest BCUT2D eigenvalue weighted by Crippen LogP contribution is 2.25. The summed E-state index contributed by atoms with van der Waals surface area (Å²) in [4.78, 5) is 18.0. The molecule has 0 aliphatic heterocycles. The maximum atomic E-state index is 13.6. The molecule has 3 nitrogen and oxygen atoms in total. The summed E-state index contributed by atoms with van der Waals surface area (Å²) in [7, 11) is 0. The number of nitrogens with zero attached hydrogens (tertiary/aromatic N) is 1. The van der Waals surface area contributed by atoms with E-state index in [1.165, 1.54) is 11.3 Å². The summed E-state index contributed by atoms with van der Waals surface area (Å²) < 4.78 is 40.4. The molecule has 0 atom stereocenters. The average molecular weight is 282 g/mol. The monoisotopic (exact) mass is 282 g/mol. The molecule has 2 aromatic heterocycles. The minimum Gasteiger partial charge on any atom is -0.305 e. The standard InChI is InChI=1S/C12H5F3N2OS/c13-5-3-6(14)9(7(15)4-5)11-16-8-1-2-19-10(8)12(18)17-11/h1-4H,(H,16,17,18). The van der Waals surface area contributed by atoms with E-state index in [2.05, 4.69) is 9.97 Å². The Kier molecular flexibility index (Phi) is 2.63. The first kappa shape index (κ1) is 11.9. The van der Waals surface area contributed by atoms with Gasteiger partial charge < -0.3 is 4.98 Å². The second kappa shape index (κ2) is 4.20. The number of thiophene rings is 1. The van der Waals surface area contributed by atoms with Crippen molar-refractivity contribution in [2.24, 2.45) is 0 Å². The van der Waals surface area contributed by atoms with Crippen LogP contribution in [0.3, 0.4) is 0 Å². The molecule has 0 radical (unpaired) electrons. The maximum Gasteiger partial charge on any atom is 0.269 e. The van der Waals surface area contributed by atoms with Crippen LogP contribution in [0.4, 0.5) is 13.2 Å². The third kappa shape index (κ3) is 1.91. The molecule has 0 saturated heterocycles. The van der Waals surface area contributed by atoms with Crippen molar-refractivity contribution < 1.29 is 13.2 Å². The summed E-state index contributed by atoms with van der Waals surface area (Å²) >= 11 is 1.17. The van der Waals surface area contributed by atoms with Crippen LogP contribution in [0.1, 0.15) is 0 Å². The molecular weight excluding hydrogens is 277 g/mol. The summed E-state index contributed by atoms with van der Waals surface area (Å²) in [5.41, 5.74) is -0.698. The number of fused-ring (bicyclic) bond motifs is 1. The predicted octanol–water partition coefficient (Wildman–Crippen LogP) is 3.07. The fourth-order valence-electron chi connectivity index (χ4n) is 1.76. The van der Waals surface area contributed by atoms with Crippen molar-refractivity contribution in [1.82, 2.24) is 9.97 Å². The van der Waals surface area contributed by atoms with Crippen LogP contribution in [0.5, 0.6) is 0 Å². The number of aromatic amines is 1. The van der Waals surface area contributed by atoms with E-state index in [0.29, 0.717) is 22.3 Å². The number of benzene rings is 1. The van der Waals surface area contributed by atoms with E-state index in [1.54, 1.807) is 11.4 Å². The van der Waals surface area contributed by atoms with E-state index in [9.17, 15) is 18.0 Å². The van der Waals surface area contributed by atoms with E-state index in [4.69, 9.17) is 0 Å². The van der Waals surface area contributed by atoms with E-state index >= 15 is 0 Å². The molecule has 19 heavy (non-hydrogen) atoms. The molecule has 0 amide bonds. The Balaban J connectivity index is 2.33. The first-order valence-corrected chi connectivity index (χ1v) is 6.06. The highest BCUT2D eigenvalue weighted by Gasteiger charge is 2.17.